The molecule has 1 N–H and O–H groups in total. The van der Waals surface area contributed by atoms with Crippen LogP contribution in [-0.4, -0.2) is 40.6 Å². The maximum Gasteiger partial charge on any atom is 0.282 e. The molecule has 1 aromatic heterocycles. The average molecular weight is 636 g/mol. The summed E-state index contributed by atoms with van der Waals surface area (Å²) in [6.45, 7) is 4.25. The Balaban J connectivity index is 1.43. The maximum absolute atomic E-state index is 13.2. The van der Waals surface area contributed by atoms with Gasteiger partial charge in [0.25, 0.3) is 5.91 Å². The van der Waals surface area contributed by atoms with Crippen molar-refractivity contribution in [3.8, 4) is 22.8 Å². The molecule has 0 spiro atoms. The van der Waals surface area contributed by atoms with E-state index in [2.05, 4.69) is 63.0 Å². The Morgan fingerprint density at radius 1 is 1.17 bits per heavy atom. The Morgan fingerprint density at radius 2 is 1.92 bits per heavy atom. The molecule has 0 aliphatic carbocycles. The van der Waals surface area contributed by atoms with Crippen LogP contribution in [0.3, 0.4) is 0 Å². The van der Waals surface area contributed by atoms with Crippen LogP contribution in [0.1, 0.15) is 60.8 Å². The van der Waals surface area contributed by atoms with E-state index in [-0.39, 0.29) is 11.7 Å². The molecule has 5 nitrogen and oxygen atoms in total. The van der Waals surface area contributed by atoms with Crippen molar-refractivity contribution in [3.05, 3.63) is 61.3 Å². The van der Waals surface area contributed by atoms with Gasteiger partial charge in [-0.25, -0.2) is 4.98 Å². The summed E-state index contributed by atoms with van der Waals surface area (Å²) >= 11 is 8.27. The number of rotatable bonds is 10. The van der Waals surface area contributed by atoms with Crippen molar-refractivity contribution in [3.63, 3.8) is 0 Å². The van der Waals surface area contributed by atoms with E-state index >= 15 is 0 Å². The minimum absolute atomic E-state index is 0.0108. The molecule has 0 bridgehead atoms. The molecule has 3 aromatic rings. The highest BCUT2D eigenvalue weighted by atomic mass is 79.9. The largest absolute Gasteiger partial charge is 0.505 e. The van der Waals surface area contributed by atoms with Gasteiger partial charge >= 0.3 is 0 Å². The number of carbonyl (C=O) groups excluding carboxylic acids is 1. The third-order valence-corrected chi connectivity index (χ3v) is 8.80. The lowest BCUT2D eigenvalue weighted by molar-refractivity contribution is 0.0690. The lowest BCUT2D eigenvalue weighted by atomic mass is 9.90. The molecule has 4 rings (SSSR count). The van der Waals surface area contributed by atoms with Crippen LogP contribution < -0.4 is 4.74 Å². The second-order valence-electron chi connectivity index (χ2n) is 9.27. The number of thiazole rings is 1. The molecule has 192 valence electrons. The number of benzene rings is 2. The highest BCUT2D eigenvalue weighted by Gasteiger charge is 2.27. The van der Waals surface area contributed by atoms with E-state index in [1.54, 1.807) is 6.07 Å². The zero-order valence-corrected chi connectivity index (χ0v) is 24.5. The van der Waals surface area contributed by atoms with Gasteiger partial charge in [0, 0.05) is 24.0 Å². The Hall–Kier alpha value is -1.90. The molecule has 2 aromatic carbocycles. The molecule has 1 aliphatic rings. The first-order chi connectivity index (χ1) is 17.5. The molecule has 1 amide bonds. The first-order valence-electron chi connectivity index (χ1n) is 12.6. The number of hydrogen-bond acceptors (Lipinski definition) is 5. The van der Waals surface area contributed by atoms with E-state index in [1.165, 1.54) is 23.3 Å². The van der Waals surface area contributed by atoms with Gasteiger partial charge in [-0.2, -0.15) is 0 Å². The molecule has 0 saturated carbocycles. The predicted molar refractivity (Wildman–Crippen MR) is 153 cm³/mol. The molecule has 2 heterocycles. The van der Waals surface area contributed by atoms with Crippen molar-refractivity contribution in [2.24, 2.45) is 5.92 Å². The number of amides is 1. The topological polar surface area (TPSA) is 62.7 Å². The number of hydrogen-bond donors (Lipinski definition) is 1. The van der Waals surface area contributed by atoms with E-state index in [0.717, 1.165) is 57.2 Å². The summed E-state index contributed by atoms with van der Waals surface area (Å²) in [7, 11) is 0. The predicted octanol–water partition coefficient (Wildman–Crippen LogP) is 8.09. The Bertz CT molecular complexity index is 1160. The zero-order chi connectivity index (χ0) is 25.5. The third kappa shape index (κ3) is 6.69. The maximum atomic E-state index is 13.2. The van der Waals surface area contributed by atoms with E-state index in [4.69, 9.17) is 9.72 Å². The van der Waals surface area contributed by atoms with E-state index in [0.29, 0.717) is 37.9 Å². The molecule has 36 heavy (non-hydrogen) atoms. The number of phenolic OH excluding ortho intramolecular Hbond substituents is 1. The number of aromatic nitrogens is 1. The number of carbonyl (C=O) groups is 1. The molecular weight excluding hydrogens is 604 g/mol. The zero-order valence-electron chi connectivity index (χ0n) is 20.5. The van der Waals surface area contributed by atoms with Gasteiger partial charge < -0.3 is 14.7 Å². The van der Waals surface area contributed by atoms with E-state index in [1.807, 2.05) is 16.3 Å². The first-order valence-corrected chi connectivity index (χ1v) is 15.1. The molecule has 0 atom stereocenters. The second kappa shape index (κ2) is 13.1. The van der Waals surface area contributed by atoms with Gasteiger partial charge in [0.1, 0.15) is 16.0 Å². The minimum atomic E-state index is -0.0108. The van der Waals surface area contributed by atoms with Crippen LogP contribution in [0.5, 0.6) is 11.5 Å². The average Bonchev–Trinajstić information content (AvgIpc) is 3.39. The number of phenols is 1. The minimum Gasteiger partial charge on any atom is -0.505 e. The lowest BCUT2D eigenvalue weighted by Crippen LogP contribution is -2.38. The van der Waals surface area contributed by atoms with Crippen LogP contribution >= 0.6 is 43.2 Å². The van der Waals surface area contributed by atoms with Gasteiger partial charge in [-0.15, -0.1) is 11.3 Å². The van der Waals surface area contributed by atoms with Crippen molar-refractivity contribution in [1.29, 1.82) is 0 Å². The number of halogens is 2. The molecule has 8 heteroatoms. The molecular formula is C28H32Br2N2O3S. The monoisotopic (exact) mass is 634 g/mol. The van der Waals surface area contributed by atoms with Crippen molar-refractivity contribution in [2.75, 3.05) is 19.7 Å². The van der Waals surface area contributed by atoms with E-state index in [9.17, 15) is 9.90 Å². The van der Waals surface area contributed by atoms with Crippen molar-refractivity contribution in [2.45, 2.75) is 51.9 Å². The van der Waals surface area contributed by atoms with E-state index < -0.39 is 0 Å². The summed E-state index contributed by atoms with van der Waals surface area (Å²) < 4.78 is 7.13. The molecule has 1 aliphatic heterocycles. The lowest BCUT2D eigenvalue weighted by Gasteiger charge is -2.31. The number of ether oxygens (including phenoxy) is 1. The molecule has 0 unspecified atom stereocenters. The van der Waals surface area contributed by atoms with Gasteiger partial charge in [0.15, 0.2) is 5.01 Å². The highest BCUT2D eigenvalue weighted by molar-refractivity contribution is 9.11. The van der Waals surface area contributed by atoms with Crippen LogP contribution in [0.25, 0.3) is 11.3 Å². The van der Waals surface area contributed by atoms with Gasteiger partial charge in [0.2, 0.25) is 0 Å². The summed E-state index contributed by atoms with van der Waals surface area (Å²) in [6.07, 6.45) is 7.45. The Morgan fingerprint density at radius 3 is 2.64 bits per heavy atom. The van der Waals surface area contributed by atoms with Crippen molar-refractivity contribution >= 4 is 49.1 Å². The Kier molecular flexibility index (Phi) is 9.85. The SMILES string of the molecule is CCCCCCOc1c(-c2csc(C(=O)N3CCC(Cc4ccccc4)CC3)n2)cc(Br)c(O)c1Br. The van der Waals surface area contributed by atoms with Crippen LogP contribution in [0, 0.1) is 5.92 Å². The number of nitrogens with zero attached hydrogens (tertiary/aromatic N) is 2. The summed E-state index contributed by atoms with van der Waals surface area (Å²) in [5, 5.41) is 12.8. The fourth-order valence-electron chi connectivity index (χ4n) is 4.54. The van der Waals surface area contributed by atoms with Crippen LogP contribution in [0.2, 0.25) is 0 Å². The van der Waals surface area contributed by atoms with Crippen molar-refractivity contribution in [1.82, 2.24) is 9.88 Å². The summed E-state index contributed by atoms with van der Waals surface area (Å²) in [6, 6.07) is 12.4. The standard InChI is InChI=1S/C28H32Br2N2O3S/c1-2-3-4-8-15-35-26-21(17-22(29)25(33)24(26)30)23-18-36-27(31-23)28(34)32-13-11-20(12-14-32)16-19-9-6-5-7-10-19/h5-7,9-10,17-18,20,33H,2-4,8,11-16H2,1H3. The number of likely N-dealkylation sites (tertiary alicyclic amines) is 1. The molecule has 0 radical (unpaired) electrons. The fraction of sp³-hybridized carbons (Fsp3) is 0.429. The number of unbranched alkanes of at least 4 members (excludes halogenated alkanes) is 3. The smallest absolute Gasteiger partial charge is 0.282 e. The summed E-state index contributed by atoms with van der Waals surface area (Å²) in [5.41, 5.74) is 2.78. The number of aromatic hydroxyl groups is 1. The quantitative estimate of drug-likeness (QED) is 0.229. The summed E-state index contributed by atoms with van der Waals surface area (Å²) in [4.78, 5) is 19.9. The number of piperidine rings is 1. The van der Waals surface area contributed by atoms with Crippen molar-refractivity contribution < 1.29 is 14.6 Å². The van der Waals surface area contributed by atoms with Gasteiger partial charge in [-0.3, -0.25) is 4.79 Å². The first kappa shape index (κ1) is 27.1. The van der Waals surface area contributed by atoms with Crippen LogP contribution in [0.15, 0.2) is 50.7 Å². The summed E-state index contributed by atoms with van der Waals surface area (Å²) in [5.74, 6) is 1.24. The van der Waals surface area contributed by atoms with Crippen LogP contribution in [-0.2, 0) is 6.42 Å². The molecule has 1 saturated heterocycles. The third-order valence-electron chi connectivity index (χ3n) is 6.63. The van der Waals surface area contributed by atoms with Gasteiger partial charge in [0.05, 0.1) is 16.8 Å². The van der Waals surface area contributed by atoms with Crippen LogP contribution in [0.4, 0.5) is 0 Å². The fourth-order valence-corrected chi connectivity index (χ4v) is 6.56. The van der Waals surface area contributed by atoms with Gasteiger partial charge in [-0.1, -0.05) is 56.5 Å². The molecule has 1 fully saturated rings. The Labute approximate surface area is 234 Å². The van der Waals surface area contributed by atoms with Gasteiger partial charge in [-0.05, 0) is 75.1 Å². The normalized spacial score (nSPS) is 14.2. The second-order valence-corrected chi connectivity index (χ2v) is 11.8. The highest BCUT2D eigenvalue weighted by Crippen LogP contribution is 2.46.